The van der Waals surface area contributed by atoms with E-state index in [0.717, 1.165) is 11.3 Å². The molecule has 7 heteroatoms. The van der Waals surface area contributed by atoms with Gasteiger partial charge in [0.1, 0.15) is 4.90 Å². The largest absolute Gasteiger partial charge is 0.380 e. The highest BCUT2D eigenvalue weighted by molar-refractivity contribution is 7.89. The first kappa shape index (κ1) is 15.7. The molecule has 1 aromatic carbocycles. The third-order valence-electron chi connectivity index (χ3n) is 2.91. The normalized spacial score (nSPS) is 11.7. The Morgan fingerprint density at radius 3 is 2.67 bits per heavy atom. The van der Waals surface area contributed by atoms with Gasteiger partial charge in [-0.15, -0.1) is 0 Å². The molecule has 0 aliphatic carbocycles. The highest BCUT2D eigenvalue weighted by atomic mass is 32.2. The fourth-order valence-electron chi connectivity index (χ4n) is 1.76. The minimum atomic E-state index is -3.55. The van der Waals surface area contributed by atoms with Crippen LogP contribution < -0.4 is 4.72 Å². The molecule has 0 saturated carbocycles. The van der Waals surface area contributed by atoms with Crippen LogP contribution in [0.15, 0.2) is 41.6 Å². The molecule has 0 aliphatic rings. The van der Waals surface area contributed by atoms with E-state index in [2.05, 4.69) is 9.82 Å². The molecule has 2 rings (SSSR count). The van der Waals surface area contributed by atoms with Crippen molar-refractivity contribution in [3.8, 4) is 5.69 Å². The minimum Gasteiger partial charge on any atom is -0.380 e. The van der Waals surface area contributed by atoms with E-state index in [9.17, 15) is 8.42 Å². The summed E-state index contributed by atoms with van der Waals surface area (Å²) in [5, 5.41) is 4.09. The van der Waals surface area contributed by atoms with E-state index < -0.39 is 10.0 Å². The van der Waals surface area contributed by atoms with Crippen LogP contribution in [0.2, 0.25) is 0 Å². The minimum absolute atomic E-state index is 0.138. The van der Waals surface area contributed by atoms with Gasteiger partial charge in [0.05, 0.1) is 24.7 Å². The Balaban J connectivity index is 2.10. The third-order valence-corrected chi connectivity index (χ3v) is 4.33. The molecule has 0 bridgehead atoms. The standard InChI is InChI=1S/C14H19N3O3S/c1-3-20-9-8-16-21(18,19)14-10-15-17(11-14)13-6-4-12(2)5-7-13/h4-7,10-11,16H,3,8-9H2,1-2H3. The molecular weight excluding hydrogens is 290 g/mol. The molecule has 0 saturated heterocycles. The Hall–Kier alpha value is -1.70. The Labute approximate surface area is 124 Å². The maximum absolute atomic E-state index is 12.1. The highest BCUT2D eigenvalue weighted by Gasteiger charge is 2.16. The summed E-state index contributed by atoms with van der Waals surface area (Å²) in [5.74, 6) is 0. The molecule has 21 heavy (non-hydrogen) atoms. The molecule has 1 aromatic heterocycles. The zero-order valence-electron chi connectivity index (χ0n) is 12.1. The van der Waals surface area contributed by atoms with Crippen LogP contribution in [0, 0.1) is 6.92 Å². The van der Waals surface area contributed by atoms with Gasteiger partial charge in [0, 0.05) is 13.2 Å². The first-order valence-corrected chi connectivity index (χ1v) is 8.20. The van der Waals surface area contributed by atoms with Crippen LogP contribution in [0.25, 0.3) is 5.69 Å². The smallest absolute Gasteiger partial charge is 0.243 e. The van der Waals surface area contributed by atoms with E-state index >= 15 is 0 Å². The lowest BCUT2D eigenvalue weighted by Crippen LogP contribution is -2.27. The molecule has 1 heterocycles. The van der Waals surface area contributed by atoms with Crippen molar-refractivity contribution in [2.75, 3.05) is 19.8 Å². The van der Waals surface area contributed by atoms with Crippen molar-refractivity contribution in [1.82, 2.24) is 14.5 Å². The average molecular weight is 309 g/mol. The van der Waals surface area contributed by atoms with Gasteiger partial charge in [-0.1, -0.05) is 17.7 Å². The number of rotatable bonds is 7. The van der Waals surface area contributed by atoms with Gasteiger partial charge in [0.2, 0.25) is 10.0 Å². The molecule has 6 nitrogen and oxygen atoms in total. The lowest BCUT2D eigenvalue weighted by Gasteiger charge is -2.04. The van der Waals surface area contributed by atoms with Crippen LogP contribution in [-0.2, 0) is 14.8 Å². The van der Waals surface area contributed by atoms with Crippen molar-refractivity contribution in [1.29, 1.82) is 0 Å². The third kappa shape index (κ3) is 4.13. The van der Waals surface area contributed by atoms with Gasteiger partial charge in [-0.2, -0.15) is 5.10 Å². The summed E-state index contributed by atoms with van der Waals surface area (Å²) in [6, 6.07) is 7.68. The van der Waals surface area contributed by atoms with Crippen LogP contribution in [0.3, 0.4) is 0 Å². The van der Waals surface area contributed by atoms with Crippen LogP contribution in [0.5, 0.6) is 0 Å². The first-order chi connectivity index (χ1) is 10.0. The summed E-state index contributed by atoms with van der Waals surface area (Å²) >= 11 is 0. The predicted octanol–water partition coefficient (Wildman–Crippen LogP) is 1.50. The maximum Gasteiger partial charge on any atom is 0.243 e. The summed E-state index contributed by atoms with van der Waals surface area (Å²) in [7, 11) is -3.55. The molecule has 1 N–H and O–H groups in total. The number of sulfonamides is 1. The molecule has 0 radical (unpaired) electrons. The van der Waals surface area contributed by atoms with Crippen LogP contribution >= 0.6 is 0 Å². The van der Waals surface area contributed by atoms with Gasteiger partial charge in [0.15, 0.2) is 0 Å². The molecule has 0 unspecified atom stereocenters. The van der Waals surface area contributed by atoms with E-state index in [4.69, 9.17) is 4.74 Å². The fourth-order valence-corrected chi connectivity index (χ4v) is 2.70. The Kier molecular flexibility index (Phi) is 5.11. The van der Waals surface area contributed by atoms with Crippen molar-refractivity contribution in [3.05, 3.63) is 42.2 Å². The van der Waals surface area contributed by atoms with E-state index in [-0.39, 0.29) is 11.4 Å². The van der Waals surface area contributed by atoms with E-state index in [1.165, 1.54) is 17.1 Å². The van der Waals surface area contributed by atoms with Crippen molar-refractivity contribution >= 4 is 10.0 Å². The van der Waals surface area contributed by atoms with Gasteiger partial charge in [-0.05, 0) is 26.0 Å². The van der Waals surface area contributed by atoms with Gasteiger partial charge >= 0.3 is 0 Å². The van der Waals surface area contributed by atoms with Crippen LogP contribution in [0.4, 0.5) is 0 Å². The molecule has 114 valence electrons. The number of aryl methyl sites for hydroxylation is 1. The quantitative estimate of drug-likeness (QED) is 0.787. The van der Waals surface area contributed by atoms with E-state index in [1.54, 1.807) is 0 Å². The monoisotopic (exact) mass is 309 g/mol. The van der Waals surface area contributed by atoms with E-state index in [1.807, 2.05) is 38.1 Å². The van der Waals surface area contributed by atoms with Crippen molar-refractivity contribution in [2.24, 2.45) is 0 Å². The van der Waals surface area contributed by atoms with Crippen molar-refractivity contribution < 1.29 is 13.2 Å². The van der Waals surface area contributed by atoms with Crippen molar-refractivity contribution in [3.63, 3.8) is 0 Å². The SMILES string of the molecule is CCOCCNS(=O)(=O)c1cnn(-c2ccc(C)cc2)c1. The number of benzene rings is 1. The molecule has 0 spiro atoms. The lowest BCUT2D eigenvalue weighted by molar-refractivity contribution is 0.153. The van der Waals surface area contributed by atoms with Gasteiger partial charge in [0.25, 0.3) is 0 Å². The summed E-state index contributed by atoms with van der Waals surface area (Å²) in [6.45, 7) is 5.01. The Morgan fingerprint density at radius 2 is 2.00 bits per heavy atom. The number of nitrogens with zero attached hydrogens (tertiary/aromatic N) is 2. The second-order valence-electron chi connectivity index (χ2n) is 4.55. The topological polar surface area (TPSA) is 73.2 Å². The fraction of sp³-hybridized carbons (Fsp3) is 0.357. The number of nitrogens with one attached hydrogen (secondary N) is 1. The predicted molar refractivity (Wildman–Crippen MR) is 80.0 cm³/mol. The second-order valence-corrected chi connectivity index (χ2v) is 6.32. The maximum atomic E-state index is 12.1. The number of aromatic nitrogens is 2. The molecule has 0 atom stereocenters. The van der Waals surface area contributed by atoms with Gasteiger partial charge < -0.3 is 4.74 Å². The first-order valence-electron chi connectivity index (χ1n) is 6.72. The summed E-state index contributed by atoms with van der Waals surface area (Å²) in [5.41, 5.74) is 1.95. The number of ether oxygens (including phenoxy) is 1. The second kappa shape index (κ2) is 6.84. The lowest BCUT2D eigenvalue weighted by atomic mass is 10.2. The molecule has 2 aromatic rings. The van der Waals surface area contributed by atoms with Crippen molar-refractivity contribution in [2.45, 2.75) is 18.7 Å². The highest BCUT2D eigenvalue weighted by Crippen LogP contribution is 2.12. The molecular formula is C14H19N3O3S. The van der Waals surface area contributed by atoms with Crippen LogP contribution in [0.1, 0.15) is 12.5 Å². The van der Waals surface area contributed by atoms with E-state index in [0.29, 0.717) is 13.2 Å². The molecule has 0 amide bonds. The molecule has 0 fully saturated rings. The van der Waals surface area contributed by atoms with Crippen LogP contribution in [-0.4, -0.2) is 38.0 Å². The zero-order valence-corrected chi connectivity index (χ0v) is 12.9. The summed E-state index contributed by atoms with van der Waals surface area (Å²) in [6.07, 6.45) is 2.83. The molecule has 0 aliphatic heterocycles. The average Bonchev–Trinajstić information content (AvgIpc) is 2.95. The number of hydrogen-bond acceptors (Lipinski definition) is 4. The van der Waals surface area contributed by atoms with Gasteiger partial charge in [-0.25, -0.2) is 17.8 Å². The Morgan fingerprint density at radius 1 is 1.29 bits per heavy atom. The van der Waals surface area contributed by atoms with Gasteiger partial charge in [-0.3, -0.25) is 0 Å². The summed E-state index contributed by atoms with van der Waals surface area (Å²) < 4.78 is 33.3. The Bertz CT molecular complexity index is 678. The number of hydrogen-bond donors (Lipinski definition) is 1. The zero-order chi connectivity index (χ0) is 15.3. The summed E-state index contributed by atoms with van der Waals surface area (Å²) in [4.78, 5) is 0.138.